The average molecular weight is 450 g/mol. The van der Waals surface area contributed by atoms with Gasteiger partial charge in [0, 0.05) is 31.2 Å². The minimum Gasteiger partial charge on any atom is -0.457 e. The van der Waals surface area contributed by atoms with Crippen molar-refractivity contribution >= 4 is 29.2 Å². The normalized spacial score (nSPS) is 20.5. The van der Waals surface area contributed by atoms with Gasteiger partial charge in [-0.25, -0.2) is 9.64 Å². The van der Waals surface area contributed by atoms with Gasteiger partial charge in [0.2, 0.25) is 5.91 Å². The molecule has 3 aliphatic rings. The van der Waals surface area contributed by atoms with Gasteiger partial charge in [0.15, 0.2) is 5.69 Å². The number of cyclic esters (lactones) is 1. The number of esters is 1. The highest BCUT2D eigenvalue weighted by Crippen LogP contribution is 2.31. The van der Waals surface area contributed by atoms with Crippen LogP contribution in [-0.2, 0) is 35.4 Å². The van der Waals surface area contributed by atoms with Gasteiger partial charge >= 0.3 is 5.97 Å². The summed E-state index contributed by atoms with van der Waals surface area (Å²) in [4.78, 5) is 32.4. The molecule has 0 saturated carbocycles. The summed E-state index contributed by atoms with van der Waals surface area (Å²) in [6, 6.07) is 9.83. The molecule has 2 heterocycles. The molecule has 0 bridgehead atoms. The number of hydrogen-bond donors (Lipinski definition) is 0. The molecule has 1 amide bonds. The monoisotopic (exact) mass is 449 g/mol. The molecular weight excluding hydrogens is 426 g/mol. The van der Waals surface area contributed by atoms with E-state index in [-0.39, 0.29) is 24.5 Å². The summed E-state index contributed by atoms with van der Waals surface area (Å²) < 4.78 is 5.07. The number of hydrogen-bond acceptors (Lipinski definition) is 4. The SMILES string of the molecule is [C-]#[N+]c1ccc2c(c1)CCC(N1CCN(CCc3ccc4c(c3Cl)COC4=O)CC1=O)C2. The van der Waals surface area contributed by atoms with Crippen LogP contribution in [0.3, 0.4) is 0 Å². The molecule has 0 aromatic heterocycles. The van der Waals surface area contributed by atoms with E-state index in [9.17, 15) is 9.59 Å². The largest absolute Gasteiger partial charge is 0.457 e. The Kier molecular flexibility index (Phi) is 5.62. The number of piperazine rings is 1. The number of benzene rings is 2. The Morgan fingerprint density at radius 3 is 2.84 bits per heavy atom. The lowest BCUT2D eigenvalue weighted by Gasteiger charge is -2.41. The van der Waals surface area contributed by atoms with Crippen LogP contribution in [0.25, 0.3) is 4.85 Å². The van der Waals surface area contributed by atoms with Crippen LogP contribution in [0, 0.1) is 6.57 Å². The van der Waals surface area contributed by atoms with Crippen LogP contribution in [0.1, 0.15) is 39.0 Å². The molecule has 1 atom stereocenters. The summed E-state index contributed by atoms with van der Waals surface area (Å²) in [5.74, 6) is -0.131. The van der Waals surface area contributed by atoms with Crippen LogP contribution in [0.4, 0.5) is 5.69 Å². The highest BCUT2D eigenvalue weighted by atomic mass is 35.5. The number of fused-ring (bicyclic) bond motifs is 2. The number of ether oxygens (including phenoxy) is 1. The predicted octanol–water partition coefficient (Wildman–Crippen LogP) is 3.81. The molecule has 2 aromatic carbocycles. The van der Waals surface area contributed by atoms with Crippen molar-refractivity contribution in [2.45, 2.75) is 38.3 Å². The van der Waals surface area contributed by atoms with E-state index in [1.165, 1.54) is 11.1 Å². The molecule has 5 rings (SSSR count). The van der Waals surface area contributed by atoms with Crippen LogP contribution in [0.5, 0.6) is 0 Å². The Bertz CT molecular complexity index is 1140. The third-order valence-corrected chi connectivity index (χ3v) is 7.36. The molecule has 2 aromatic rings. The number of carbonyl (C=O) groups excluding carboxylic acids is 2. The predicted molar refractivity (Wildman–Crippen MR) is 121 cm³/mol. The van der Waals surface area contributed by atoms with Crippen LogP contribution >= 0.6 is 11.6 Å². The fourth-order valence-electron chi connectivity index (χ4n) is 5.06. The van der Waals surface area contributed by atoms with Crippen molar-refractivity contribution in [3.05, 3.63) is 74.6 Å². The maximum atomic E-state index is 12.9. The Labute approximate surface area is 192 Å². The van der Waals surface area contributed by atoms with E-state index >= 15 is 0 Å². The standard InChI is InChI=1S/C25H24ClN3O3/c1-27-19-5-2-18-13-20(6-3-17(18)12-19)29-11-10-28(14-23(29)30)9-8-16-4-7-21-22(24(16)26)15-32-25(21)31/h2,4-5,7,12,20H,3,6,8-11,13-15H2. The third kappa shape index (κ3) is 3.87. The van der Waals surface area contributed by atoms with E-state index < -0.39 is 0 Å². The number of halogens is 1. The van der Waals surface area contributed by atoms with Crippen molar-refractivity contribution in [2.24, 2.45) is 0 Å². The molecule has 2 aliphatic heterocycles. The molecule has 0 N–H and O–H groups in total. The van der Waals surface area contributed by atoms with Crippen LogP contribution < -0.4 is 0 Å². The maximum Gasteiger partial charge on any atom is 0.338 e. The van der Waals surface area contributed by atoms with Crippen LogP contribution in [0.2, 0.25) is 5.02 Å². The van der Waals surface area contributed by atoms with Gasteiger partial charge in [-0.1, -0.05) is 41.4 Å². The van der Waals surface area contributed by atoms with E-state index in [4.69, 9.17) is 22.9 Å². The van der Waals surface area contributed by atoms with Gasteiger partial charge in [-0.05, 0) is 42.9 Å². The zero-order valence-electron chi connectivity index (χ0n) is 17.8. The molecular formula is C25H24ClN3O3. The number of rotatable bonds is 4. The zero-order valence-corrected chi connectivity index (χ0v) is 18.5. The quantitative estimate of drug-likeness (QED) is 0.526. The van der Waals surface area contributed by atoms with Gasteiger partial charge in [0.1, 0.15) is 6.61 Å². The molecule has 32 heavy (non-hydrogen) atoms. The van der Waals surface area contributed by atoms with Crippen molar-refractivity contribution < 1.29 is 14.3 Å². The fraction of sp³-hybridized carbons (Fsp3) is 0.400. The summed E-state index contributed by atoms with van der Waals surface area (Å²) in [6.07, 6.45) is 3.46. The fourth-order valence-corrected chi connectivity index (χ4v) is 5.37. The van der Waals surface area contributed by atoms with Gasteiger partial charge in [0.05, 0.1) is 23.7 Å². The molecule has 1 saturated heterocycles. The van der Waals surface area contributed by atoms with E-state index in [1.54, 1.807) is 6.07 Å². The topological polar surface area (TPSA) is 54.2 Å². The number of aryl methyl sites for hydroxylation is 1. The second-order valence-corrected chi connectivity index (χ2v) is 9.09. The van der Waals surface area contributed by atoms with Crippen molar-refractivity contribution in [3.8, 4) is 0 Å². The van der Waals surface area contributed by atoms with E-state index in [0.717, 1.165) is 56.4 Å². The minimum absolute atomic E-state index is 0.182. The molecule has 1 fully saturated rings. The van der Waals surface area contributed by atoms with Crippen molar-refractivity contribution in [2.75, 3.05) is 26.2 Å². The summed E-state index contributed by atoms with van der Waals surface area (Å²) in [5, 5.41) is 0.612. The second-order valence-electron chi connectivity index (χ2n) is 8.72. The molecule has 6 nitrogen and oxygen atoms in total. The first kappa shape index (κ1) is 21.0. The number of amides is 1. The highest BCUT2D eigenvalue weighted by Gasteiger charge is 2.32. The first-order valence-corrected chi connectivity index (χ1v) is 11.4. The lowest BCUT2D eigenvalue weighted by atomic mass is 9.87. The highest BCUT2D eigenvalue weighted by molar-refractivity contribution is 6.32. The summed E-state index contributed by atoms with van der Waals surface area (Å²) in [5.41, 5.74) is 5.52. The van der Waals surface area contributed by atoms with E-state index in [0.29, 0.717) is 22.8 Å². The van der Waals surface area contributed by atoms with Crippen molar-refractivity contribution in [1.82, 2.24) is 9.80 Å². The smallest absolute Gasteiger partial charge is 0.338 e. The molecule has 7 heteroatoms. The van der Waals surface area contributed by atoms with E-state index in [1.807, 2.05) is 23.1 Å². The van der Waals surface area contributed by atoms with Gasteiger partial charge in [-0.3, -0.25) is 9.69 Å². The summed E-state index contributed by atoms with van der Waals surface area (Å²) >= 11 is 6.51. The van der Waals surface area contributed by atoms with Crippen LogP contribution in [0.15, 0.2) is 30.3 Å². The molecule has 164 valence electrons. The van der Waals surface area contributed by atoms with Crippen molar-refractivity contribution in [3.63, 3.8) is 0 Å². The summed E-state index contributed by atoms with van der Waals surface area (Å²) in [7, 11) is 0. The molecule has 0 radical (unpaired) electrons. The third-order valence-electron chi connectivity index (χ3n) is 6.89. The first-order chi connectivity index (χ1) is 15.5. The number of carbonyl (C=O) groups is 2. The zero-order chi connectivity index (χ0) is 22.2. The summed E-state index contributed by atoms with van der Waals surface area (Å²) in [6.45, 7) is 10.2. The Morgan fingerprint density at radius 2 is 2.03 bits per heavy atom. The average Bonchev–Trinajstić information content (AvgIpc) is 3.19. The van der Waals surface area contributed by atoms with Crippen molar-refractivity contribution in [1.29, 1.82) is 0 Å². The number of nitrogens with zero attached hydrogens (tertiary/aromatic N) is 3. The van der Waals surface area contributed by atoms with Gasteiger partial charge in [0.25, 0.3) is 0 Å². The Balaban J connectivity index is 1.18. The van der Waals surface area contributed by atoms with Crippen LogP contribution in [-0.4, -0.2) is 53.9 Å². The van der Waals surface area contributed by atoms with E-state index in [2.05, 4.69) is 15.8 Å². The van der Waals surface area contributed by atoms with Gasteiger partial charge in [-0.15, -0.1) is 0 Å². The molecule has 1 aliphatic carbocycles. The lowest BCUT2D eigenvalue weighted by molar-refractivity contribution is -0.138. The molecule has 0 spiro atoms. The Hall–Kier alpha value is -2.88. The van der Waals surface area contributed by atoms with Gasteiger partial charge < -0.3 is 9.64 Å². The minimum atomic E-state index is -0.313. The first-order valence-electron chi connectivity index (χ1n) is 11.0. The lowest BCUT2D eigenvalue weighted by Crippen LogP contribution is -2.55. The maximum absolute atomic E-state index is 12.9. The molecule has 1 unspecified atom stereocenters. The Morgan fingerprint density at radius 1 is 1.16 bits per heavy atom. The van der Waals surface area contributed by atoms with Gasteiger partial charge in [-0.2, -0.15) is 0 Å². The second kappa shape index (κ2) is 8.57.